The maximum absolute atomic E-state index is 3.70. The van der Waals surface area contributed by atoms with Crippen LogP contribution in [0.1, 0.15) is 24.8 Å². The fourth-order valence-electron chi connectivity index (χ4n) is 3.06. The third-order valence-corrected chi connectivity index (χ3v) is 3.99. The van der Waals surface area contributed by atoms with E-state index in [0.29, 0.717) is 6.04 Å². The first-order chi connectivity index (χ1) is 7.93. The summed E-state index contributed by atoms with van der Waals surface area (Å²) < 4.78 is 0. The lowest BCUT2D eigenvalue weighted by molar-refractivity contribution is 0.409. The summed E-state index contributed by atoms with van der Waals surface area (Å²) in [6.45, 7) is 2.40. The maximum Gasteiger partial charge on any atom is 0.0375 e. The summed E-state index contributed by atoms with van der Waals surface area (Å²) in [7, 11) is 0. The van der Waals surface area contributed by atoms with Gasteiger partial charge in [-0.3, -0.25) is 0 Å². The van der Waals surface area contributed by atoms with Crippen LogP contribution in [0.4, 0.5) is 5.69 Å². The quantitative estimate of drug-likeness (QED) is 0.753. The van der Waals surface area contributed by atoms with Gasteiger partial charge in [0.05, 0.1) is 0 Å². The van der Waals surface area contributed by atoms with Gasteiger partial charge in [-0.05, 0) is 56.3 Å². The van der Waals surface area contributed by atoms with Gasteiger partial charge in [-0.15, -0.1) is 0 Å². The Hall–Kier alpha value is -1.02. The van der Waals surface area contributed by atoms with Crippen LogP contribution in [-0.4, -0.2) is 19.1 Å². The van der Waals surface area contributed by atoms with E-state index in [9.17, 15) is 0 Å². The Bertz CT molecular complexity index is 329. The van der Waals surface area contributed by atoms with Gasteiger partial charge in [0.2, 0.25) is 0 Å². The van der Waals surface area contributed by atoms with Crippen LogP contribution in [0.2, 0.25) is 0 Å². The predicted molar refractivity (Wildman–Crippen MR) is 67.8 cm³/mol. The lowest BCUT2D eigenvalue weighted by Crippen LogP contribution is -2.27. The highest BCUT2D eigenvalue weighted by Gasteiger charge is 2.27. The minimum absolute atomic E-state index is 0.678. The molecule has 2 aliphatic rings. The van der Waals surface area contributed by atoms with Crippen molar-refractivity contribution in [3.05, 3.63) is 29.8 Å². The van der Waals surface area contributed by atoms with E-state index in [1.165, 1.54) is 50.0 Å². The van der Waals surface area contributed by atoms with E-state index in [4.69, 9.17) is 0 Å². The highest BCUT2D eigenvalue weighted by Crippen LogP contribution is 2.31. The summed E-state index contributed by atoms with van der Waals surface area (Å²) in [5.74, 6) is 0.849. The number of benzene rings is 1. The first-order valence-electron chi connectivity index (χ1n) is 6.48. The highest BCUT2D eigenvalue weighted by molar-refractivity contribution is 5.56. The second kappa shape index (κ2) is 4.46. The van der Waals surface area contributed by atoms with Crippen LogP contribution in [0.25, 0.3) is 0 Å². The smallest absolute Gasteiger partial charge is 0.0375 e. The lowest BCUT2D eigenvalue weighted by atomic mass is 9.90. The average Bonchev–Trinajstić information content (AvgIpc) is 2.56. The Kier molecular flexibility index (Phi) is 2.83. The third-order valence-electron chi connectivity index (χ3n) is 3.99. The van der Waals surface area contributed by atoms with Crippen LogP contribution < -0.4 is 10.6 Å². The lowest BCUT2D eigenvalue weighted by Gasteiger charge is -2.22. The standard InChI is InChI=1S/C14H20N2/c1-2-6-13-12(4-1)10-14(16-13)11-5-3-8-15-9-7-11/h1-2,4,6,11,14-16H,3,5,7-10H2. The van der Waals surface area contributed by atoms with Gasteiger partial charge in [0.25, 0.3) is 0 Å². The summed E-state index contributed by atoms with van der Waals surface area (Å²) in [5.41, 5.74) is 2.87. The monoisotopic (exact) mass is 216 g/mol. The molecule has 2 atom stereocenters. The number of hydrogen-bond donors (Lipinski definition) is 2. The first kappa shape index (κ1) is 10.2. The summed E-state index contributed by atoms with van der Waals surface area (Å²) in [6.07, 6.45) is 5.25. The number of anilines is 1. The van der Waals surface area contributed by atoms with Crippen LogP contribution in [0, 0.1) is 5.92 Å². The topological polar surface area (TPSA) is 24.1 Å². The molecule has 0 saturated carbocycles. The van der Waals surface area contributed by atoms with Crippen molar-refractivity contribution in [2.45, 2.75) is 31.7 Å². The molecular formula is C14H20N2. The van der Waals surface area contributed by atoms with E-state index in [1.54, 1.807) is 0 Å². The first-order valence-corrected chi connectivity index (χ1v) is 6.48. The molecule has 2 heteroatoms. The van der Waals surface area contributed by atoms with E-state index < -0.39 is 0 Å². The fourth-order valence-corrected chi connectivity index (χ4v) is 3.06. The second-order valence-electron chi connectivity index (χ2n) is 5.05. The molecule has 0 bridgehead atoms. The Morgan fingerprint density at radius 3 is 2.94 bits per heavy atom. The fraction of sp³-hybridized carbons (Fsp3) is 0.571. The average molecular weight is 216 g/mol. The minimum atomic E-state index is 0.678. The van der Waals surface area contributed by atoms with Crippen molar-refractivity contribution < 1.29 is 0 Å². The van der Waals surface area contributed by atoms with Crippen LogP contribution in [-0.2, 0) is 6.42 Å². The summed E-state index contributed by atoms with van der Waals surface area (Å²) in [5, 5.41) is 7.20. The summed E-state index contributed by atoms with van der Waals surface area (Å²) in [6, 6.07) is 9.43. The van der Waals surface area contributed by atoms with Gasteiger partial charge in [-0.1, -0.05) is 18.2 Å². The maximum atomic E-state index is 3.70. The molecule has 16 heavy (non-hydrogen) atoms. The predicted octanol–water partition coefficient (Wildman–Crippen LogP) is 2.41. The molecule has 0 radical (unpaired) electrons. The Balaban J connectivity index is 1.70. The molecule has 1 fully saturated rings. The van der Waals surface area contributed by atoms with Gasteiger partial charge in [-0.25, -0.2) is 0 Å². The summed E-state index contributed by atoms with van der Waals surface area (Å²) >= 11 is 0. The molecule has 0 aliphatic carbocycles. The van der Waals surface area contributed by atoms with Crippen molar-refractivity contribution in [3.63, 3.8) is 0 Å². The number of rotatable bonds is 1. The van der Waals surface area contributed by atoms with Gasteiger partial charge < -0.3 is 10.6 Å². The largest absolute Gasteiger partial charge is 0.381 e. The van der Waals surface area contributed by atoms with Crippen molar-refractivity contribution in [2.24, 2.45) is 5.92 Å². The molecule has 3 rings (SSSR count). The third kappa shape index (κ3) is 1.94. The van der Waals surface area contributed by atoms with E-state index in [1.807, 2.05) is 0 Å². The van der Waals surface area contributed by atoms with Crippen molar-refractivity contribution in [1.82, 2.24) is 5.32 Å². The molecule has 2 heterocycles. The normalized spacial score (nSPS) is 29.2. The van der Waals surface area contributed by atoms with Crippen LogP contribution >= 0.6 is 0 Å². The molecule has 0 spiro atoms. The van der Waals surface area contributed by atoms with Crippen LogP contribution in [0.15, 0.2) is 24.3 Å². The zero-order chi connectivity index (χ0) is 10.8. The molecule has 0 aromatic heterocycles. The number of hydrogen-bond acceptors (Lipinski definition) is 2. The van der Waals surface area contributed by atoms with Crippen molar-refractivity contribution in [3.8, 4) is 0 Å². The van der Waals surface area contributed by atoms with Gasteiger partial charge in [0.1, 0.15) is 0 Å². The Labute approximate surface area is 97.4 Å². The number of para-hydroxylation sites is 1. The van der Waals surface area contributed by atoms with Crippen molar-refractivity contribution in [2.75, 3.05) is 18.4 Å². The zero-order valence-corrected chi connectivity index (χ0v) is 9.71. The van der Waals surface area contributed by atoms with Crippen LogP contribution in [0.3, 0.4) is 0 Å². The molecule has 2 unspecified atom stereocenters. The van der Waals surface area contributed by atoms with E-state index in [2.05, 4.69) is 34.9 Å². The molecule has 1 aromatic carbocycles. The number of fused-ring (bicyclic) bond motifs is 1. The molecular weight excluding hydrogens is 196 g/mol. The molecule has 0 amide bonds. The molecule has 2 N–H and O–H groups in total. The summed E-state index contributed by atoms with van der Waals surface area (Å²) in [4.78, 5) is 0. The van der Waals surface area contributed by atoms with Gasteiger partial charge >= 0.3 is 0 Å². The van der Waals surface area contributed by atoms with Gasteiger partial charge in [-0.2, -0.15) is 0 Å². The Morgan fingerprint density at radius 2 is 2.00 bits per heavy atom. The molecule has 86 valence electrons. The Morgan fingerprint density at radius 1 is 1.06 bits per heavy atom. The second-order valence-corrected chi connectivity index (χ2v) is 5.05. The minimum Gasteiger partial charge on any atom is -0.381 e. The van der Waals surface area contributed by atoms with E-state index in [0.717, 1.165) is 5.92 Å². The molecule has 1 saturated heterocycles. The SMILES string of the molecule is c1ccc2c(c1)CC(C1CCCNCC1)N2. The number of nitrogens with one attached hydrogen (secondary N) is 2. The molecule has 2 aliphatic heterocycles. The van der Waals surface area contributed by atoms with Crippen molar-refractivity contribution in [1.29, 1.82) is 0 Å². The highest BCUT2D eigenvalue weighted by atomic mass is 15.0. The van der Waals surface area contributed by atoms with Gasteiger partial charge in [0, 0.05) is 11.7 Å². The van der Waals surface area contributed by atoms with Crippen LogP contribution in [0.5, 0.6) is 0 Å². The van der Waals surface area contributed by atoms with E-state index >= 15 is 0 Å². The van der Waals surface area contributed by atoms with Gasteiger partial charge in [0.15, 0.2) is 0 Å². The molecule has 1 aromatic rings. The van der Waals surface area contributed by atoms with E-state index in [-0.39, 0.29) is 0 Å². The van der Waals surface area contributed by atoms with Crippen molar-refractivity contribution >= 4 is 5.69 Å². The zero-order valence-electron chi connectivity index (χ0n) is 9.71. The molecule has 2 nitrogen and oxygen atoms in total.